The molecule has 1 aromatic rings. The Bertz CT molecular complexity index is 642. The number of imide groups is 1. The van der Waals surface area contributed by atoms with Gasteiger partial charge in [-0.1, -0.05) is 6.07 Å². The average molecular weight is 357 g/mol. The second-order valence-corrected chi connectivity index (χ2v) is 5.70. The Labute approximate surface area is 145 Å². The van der Waals surface area contributed by atoms with Crippen LogP contribution in [0.15, 0.2) is 18.2 Å². The summed E-state index contributed by atoms with van der Waals surface area (Å²) < 4.78 is 0. The van der Waals surface area contributed by atoms with Gasteiger partial charge in [0.2, 0.25) is 0 Å². The van der Waals surface area contributed by atoms with Crippen molar-refractivity contribution in [3.8, 4) is 0 Å². The highest BCUT2D eigenvalue weighted by Gasteiger charge is 2.45. The van der Waals surface area contributed by atoms with Crippen LogP contribution in [0.1, 0.15) is 33.6 Å². The number of amides is 2. The van der Waals surface area contributed by atoms with E-state index in [9.17, 15) is 19.8 Å². The average Bonchev–Trinajstić information content (AvgIpc) is 2.78. The largest absolute Gasteiger partial charge is 0.383 e. The summed E-state index contributed by atoms with van der Waals surface area (Å²) in [4.78, 5) is 26.4. The number of nitrogens with one attached hydrogen (secondary N) is 2. The molecule has 8 nitrogen and oxygen atoms in total. The minimum atomic E-state index is -1.15. The zero-order chi connectivity index (χ0) is 16.6. The Morgan fingerprint density at radius 2 is 2.00 bits per heavy atom. The van der Waals surface area contributed by atoms with Crippen molar-refractivity contribution in [2.45, 2.75) is 31.3 Å². The minimum absolute atomic E-state index is 0. The Balaban J connectivity index is 0.00000208. The first-order valence-electron chi connectivity index (χ1n) is 7.61. The molecule has 132 valence electrons. The van der Waals surface area contributed by atoms with Crippen molar-refractivity contribution in [3.63, 3.8) is 0 Å². The number of carbonyl (C=O) groups excluding carboxylic acids is 2. The molecule has 3 atom stereocenters. The molecule has 24 heavy (non-hydrogen) atoms. The molecule has 0 saturated carbocycles. The number of rotatable bonds is 4. The number of benzene rings is 1. The Morgan fingerprint density at radius 3 is 2.67 bits per heavy atom. The van der Waals surface area contributed by atoms with Gasteiger partial charge in [-0.05, 0) is 25.0 Å². The van der Waals surface area contributed by atoms with Gasteiger partial charge in [-0.3, -0.25) is 19.8 Å². The molecule has 2 amide bonds. The van der Waals surface area contributed by atoms with Gasteiger partial charge in [-0.2, -0.15) is 0 Å². The minimum Gasteiger partial charge on any atom is -0.383 e. The highest BCUT2D eigenvalue weighted by Crippen LogP contribution is 2.33. The molecule has 2 heterocycles. The second kappa shape index (κ2) is 7.45. The standard InChI is InChI=1S/C15H20N4O4.ClH/c16-6-7-17-9-3-1-2-8-12(9)15(23)19(14(8)22)10-4-5-11(20)18-13(10)21;/h1-3,10-11,13,17-18,20-21H,4-7,16H2;1H. The van der Waals surface area contributed by atoms with Crippen LogP contribution < -0.4 is 16.4 Å². The number of aliphatic hydroxyl groups is 2. The van der Waals surface area contributed by atoms with Crippen LogP contribution in [0.3, 0.4) is 0 Å². The van der Waals surface area contributed by atoms with E-state index in [0.29, 0.717) is 42.7 Å². The summed E-state index contributed by atoms with van der Waals surface area (Å²) in [5, 5.41) is 25.2. The van der Waals surface area contributed by atoms with Crippen LogP contribution >= 0.6 is 12.4 Å². The lowest BCUT2D eigenvalue weighted by Crippen LogP contribution is -2.58. The van der Waals surface area contributed by atoms with Crippen molar-refractivity contribution in [1.29, 1.82) is 0 Å². The summed E-state index contributed by atoms with van der Waals surface area (Å²) in [6.07, 6.45) is -1.29. The molecule has 9 heteroatoms. The lowest BCUT2D eigenvalue weighted by atomic mass is 10.0. The fourth-order valence-corrected chi connectivity index (χ4v) is 3.11. The number of hydrogen-bond acceptors (Lipinski definition) is 7. The number of halogens is 1. The van der Waals surface area contributed by atoms with Gasteiger partial charge < -0.3 is 21.3 Å². The van der Waals surface area contributed by atoms with Gasteiger partial charge in [0, 0.05) is 18.8 Å². The van der Waals surface area contributed by atoms with E-state index in [0.717, 1.165) is 4.90 Å². The summed E-state index contributed by atoms with van der Waals surface area (Å²) >= 11 is 0. The van der Waals surface area contributed by atoms with Crippen LogP contribution in [0, 0.1) is 0 Å². The fourth-order valence-electron chi connectivity index (χ4n) is 3.11. The molecule has 1 saturated heterocycles. The fraction of sp³-hybridized carbons (Fsp3) is 0.467. The van der Waals surface area contributed by atoms with Crippen molar-refractivity contribution < 1.29 is 19.8 Å². The van der Waals surface area contributed by atoms with Gasteiger partial charge in [0.25, 0.3) is 11.8 Å². The molecular weight excluding hydrogens is 336 g/mol. The molecule has 1 aromatic carbocycles. The summed E-state index contributed by atoms with van der Waals surface area (Å²) in [5.41, 5.74) is 6.66. The van der Waals surface area contributed by atoms with E-state index in [4.69, 9.17) is 5.73 Å². The molecule has 0 spiro atoms. The summed E-state index contributed by atoms with van der Waals surface area (Å²) in [6, 6.07) is 4.32. The van der Waals surface area contributed by atoms with Crippen molar-refractivity contribution in [2.24, 2.45) is 5.73 Å². The molecule has 3 unspecified atom stereocenters. The number of aliphatic hydroxyl groups excluding tert-OH is 2. The van der Waals surface area contributed by atoms with E-state index >= 15 is 0 Å². The van der Waals surface area contributed by atoms with Crippen LogP contribution in [-0.4, -0.2) is 58.5 Å². The maximum Gasteiger partial charge on any atom is 0.264 e. The van der Waals surface area contributed by atoms with Crippen LogP contribution in [0.4, 0.5) is 5.69 Å². The van der Waals surface area contributed by atoms with Crippen molar-refractivity contribution in [1.82, 2.24) is 10.2 Å². The normalized spacial score (nSPS) is 26.1. The molecule has 2 aliphatic heterocycles. The van der Waals surface area contributed by atoms with Crippen LogP contribution in [0.2, 0.25) is 0 Å². The van der Waals surface area contributed by atoms with Gasteiger partial charge in [-0.15, -0.1) is 12.4 Å². The molecule has 2 aliphatic rings. The van der Waals surface area contributed by atoms with Gasteiger partial charge in [-0.25, -0.2) is 0 Å². The zero-order valence-corrected chi connectivity index (χ0v) is 13.8. The topological polar surface area (TPSA) is 128 Å². The maximum atomic E-state index is 12.7. The Kier molecular flexibility index (Phi) is 5.79. The quantitative estimate of drug-likeness (QED) is 0.458. The first-order chi connectivity index (χ1) is 11.0. The second-order valence-electron chi connectivity index (χ2n) is 5.70. The van der Waals surface area contributed by atoms with E-state index in [1.165, 1.54) is 0 Å². The highest BCUT2D eigenvalue weighted by atomic mass is 35.5. The number of carbonyl (C=O) groups is 2. The third kappa shape index (κ3) is 3.11. The maximum absolute atomic E-state index is 12.7. The van der Waals surface area contributed by atoms with Crippen LogP contribution in [0.25, 0.3) is 0 Å². The summed E-state index contributed by atoms with van der Waals surface area (Å²) in [5.74, 6) is -0.865. The highest BCUT2D eigenvalue weighted by molar-refractivity contribution is 6.24. The smallest absolute Gasteiger partial charge is 0.264 e. The van der Waals surface area contributed by atoms with Crippen molar-refractivity contribution in [2.75, 3.05) is 18.4 Å². The number of hydrogen-bond donors (Lipinski definition) is 5. The van der Waals surface area contributed by atoms with Crippen LogP contribution in [0.5, 0.6) is 0 Å². The summed E-state index contributed by atoms with van der Waals surface area (Å²) in [6.45, 7) is 0.885. The Morgan fingerprint density at radius 1 is 1.25 bits per heavy atom. The predicted molar refractivity (Wildman–Crippen MR) is 89.9 cm³/mol. The van der Waals surface area contributed by atoms with E-state index in [1.807, 2.05) is 0 Å². The third-order valence-electron chi connectivity index (χ3n) is 4.20. The molecule has 3 rings (SSSR count). The first-order valence-corrected chi connectivity index (χ1v) is 7.61. The first kappa shape index (κ1) is 18.6. The van der Waals surface area contributed by atoms with Gasteiger partial charge in [0.1, 0.15) is 12.5 Å². The van der Waals surface area contributed by atoms with E-state index in [2.05, 4.69) is 10.6 Å². The van der Waals surface area contributed by atoms with E-state index in [-0.39, 0.29) is 12.4 Å². The monoisotopic (exact) mass is 356 g/mol. The molecule has 1 fully saturated rings. The summed E-state index contributed by atoms with van der Waals surface area (Å²) in [7, 11) is 0. The molecule has 0 bridgehead atoms. The molecular formula is C15H21ClN4O4. The predicted octanol–water partition coefficient (Wildman–Crippen LogP) is -0.536. The molecule has 0 radical (unpaired) electrons. The van der Waals surface area contributed by atoms with Crippen molar-refractivity contribution in [3.05, 3.63) is 29.3 Å². The van der Waals surface area contributed by atoms with E-state index < -0.39 is 30.3 Å². The lowest BCUT2D eigenvalue weighted by Gasteiger charge is -2.36. The molecule has 0 aromatic heterocycles. The SMILES string of the molecule is Cl.NCCNc1cccc2c1C(=O)N(C1CCC(O)NC1O)C2=O. The lowest BCUT2D eigenvalue weighted by molar-refractivity contribution is -0.0413. The van der Waals surface area contributed by atoms with E-state index in [1.54, 1.807) is 18.2 Å². The Hall–Kier alpha value is -1.71. The number of anilines is 1. The van der Waals surface area contributed by atoms with Crippen molar-refractivity contribution >= 4 is 29.9 Å². The number of nitrogens with two attached hydrogens (primary N) is 1. The molecule has 6 N–H and O–H groups in total. The number of fused-ring (bicyclic) bond motifs is 1. The third-order valence-corrected chi connectivity index (χ3v) is 4.20. The van der Waals surface area contributed by atoms with Gasteiger partial charge >= 0.3 is 0 Å². The number of nitrogens with zero attached hydrogens (tertiary/aromatic N) is 1. The van der Waals surface area contributed by atoms with Gasteiger partial charge in [0.05, 0.1) is 17.2 Å². The molecule has 0 aliphatic carbocycles. The number of piperidine rings is 1. The van der Waals surface area contributed by atoms with Crippen LogP contribution in [-0.2, 0) is 0 Å². The van der Waals surface area contributed by atoms with Gasteiger partial charge in [0.15, 0.2) is 0 Å². The zero-order valence-electron chi connectivity index (χ0n) is 12.9.